The predicted molar refractivity (Wildman–Crippen MR) is 149 cm³/mol. The minimum absolute atomic E-state index is 0.0645. The Morgan fingerprint density at radius 2 is 1.76 bits per heavy atom. The molecule has 1 aliphatic heterocycles. The summed E-state index contributed by atoms with van der Waals surface area (Å²) < 4.78 is 27.6. The van der Waals surface area contributed by atoms with Crippen molar-refractivity contribution in [2.24, 2.45) is 0 Å². The Morgan fingerprint density at radius 3 is 2.35 bits per heavy atom. The van der Waals surface area contributed by atoms with Crippen LogP contribution in [0.5, 0.6) is 5.88 Å². The van der Waals surface area contributed by atoms with Gasteiger partial charge < -0.3 is 24.1 Å². The molecule has 0 saturated carbocycles. The summed E-state index contributed by atoms with van der Waals surface area (Å²) in [5.41, 5.74) is 7.01. The van der Waals surface area contributed by atoms with Crippen LogP contribution in [0.2, 0.25) is 36.3 Å². The first kappa shape index (κ1) is 29.5. The quantitative estimate of drug-likeness (QED) is 0.323. The number of nitriles is 1. The van der Waals surface area contributed by atoms with Gasteiger partial charge in [-0.15, -0.1) is 0 Å². The van der Waals surface area contributed by atoms with Crippen LogP contribution in [0, 0.1) is 11.3 Å². The van der Waals surface area contributed by atoms with Crippen LogP contribution >= 0.6 is 0 Å². The molecule has 0 spiro atoms. The third-order valence-electron chi connectivity index (χ3n) is 8.02. The maximum Gasteiger partial charge on any atom is 0.247 e. The largest absolute Gasteiger partial charge is 0.475 e. The van der Waals surface area contributed by atoms with Gasteiger partial charge in [-0.05, 0) is 36.3 Å². The zero-order valence-electron chi connectivity index (χ0n) is 24.1. The molecule has 37 heavy (non-hydrogen) atoms. The van der Waals surface area contributed by atoms with Crippen LogP contribution in [-0.2, 0) is 13.6 Å². The Bertz CT molecular complexity index is 1130. The molecule has 3 rings (SSSR count). The van der Waals surface area contributed by atoms with Crippen LogP contribution < -0.4 is 10.5 Å². The number of aromatic nitrogens is 4. The number of ether oxygens (including phenoxy) is 2. The molecule has 2 aromatic rings. The predicted octanol–water partition coefficient (Wildman–Crippen LogP) is 5.40. The lowest BCUT2D eigenvalue weighted by Crippen LogP contribution is -2.48. The number of imidazole rings is 1. The van der Waals surface area contributed by atoms with E-state index in [1.165, 1.54) is 0 Å². The maximum absolute atomic E-state index is 8.84. The highest BCUT2D eigenvalue weighted by Crippen LogP contribution is 2.43. The average molecular weight is 549 g/mol. The normalized spacial score (nSPS) is 21.4. The van der Waals surface area contributed by atoms with Crippen LogP contribution in [0.4, 0.5) is 5.95 Å². The summed E-state index contributed by atoms with van der Waals surface area (Å²) in [6.45, 7) is 23.1. The van der Waals surface area contributed by atoms with E-state index in [1.54, 1.807) is 6.33 Å². The average Bonchev–Trinajstić information content (AvgIpc) is 3.34. The molecule has 0 aromatic carbocycles. The monoisotopic (exact) mass is 548 g/mol. The van der Waals surface area contributed by atoms with E-state index < -0.39 is 16.6 Å². The molecule has 0 bridgehead atoms. The highest BCUT2D eigenvalue weighted by molar-refractivity contribution is 6.74. The second-order valence-electron chi connectivity index (χ2n) is 12.8. The van der Waals surface area contributed by atoms with Crippen molar-refractivity contribution in [1.29, 1.82) is 5.26 Å². The van der Waals surface area contributed by atoms with E-state index in [0.717, 1.165) is 0 Å². The van der Waals surface area contributed by atoms with E-state index in [9.17, 15) is 0 Å². The Kier molecular flexibility index (Phi) is 8.46. The second kappa shape index (κ2) is 10.6. The molecule has 2 aromatic heterocycles. The smallest absolute Gasteiger partial charge is 0.247 e. The first-order valence-corrected chi connectivity index (χ1v) is 18.8. The minimum atomic E-state index is -2.07. The minimum Gasteiger partial charge on any atom is -0.475 e. The van der Waals surface area contributed by atoms with Crippen LogP contribution in [0.1, 0.15) is 60.6 Å². The van der Waals surface area contributed by atoms with E-state index in [2.05, 4.69) is 88.8 Å². The molecular weight excluding hydrogens is 504 g/mol. The topological polar surface area (TPSA) is 130 Å². The lowest BCUT2D eigenvalue weighted by molar-refractivity contribution is -0.0383. The lowest BCUT2D eigenvalue weighted by Gasteiger charge is -2.40. The molecular formula is C25H44N6O4Si2. The van der Waals surface area contributed by atoms with Crippen molar-refractivity contribution in [3.63, 3.8) is 0 Å². The molecule has 10 nitrogen and oxygen atoms in total. The second-order valence-corrected chi connectivity index (χ2v) is 22.4. The molecule has 206 valence electrons. The summed E-state index contributed by atoms with van der Waals surface area (Å²) in [5.74, 6) is 0.340. The third kappa shape index (κ3) is 6.51. The van der Waals surface area contributed by atoms with Gasteiger partial charge in [-0.25, -0.2) is 4.98 Å². The van der Waals surface area contributed by atoms with Crippen LogP contribution in [0.25, 0.3) is 11.2 Å². The van der Waals surface area contributed by atoms with Crippen LogP contribution in [-0.4, -0.2) is 61.6 Å². The highest BCUT2D eigenvalue weighted by atomic mass is 28.4. The Labute approximate surface area is 223 Å². The van der Waals surface area contributed by atoms with Gasteiger partial charge >= 0.3 is 0 Å². The van der Waals surface area contributed by atoms with Crippen molar-refractivity contribution < 1.29 is 18.3 Å². The van der Waals surface area contributed by atoms with E-state index in [4.69, 9.17) is 29.3 Å². The fraction of sp³-hybridized carbons (Fsp3) is 0.760. The van der Waals surface area contributed by atoms with Gasteiger partial charge in [-0.3, -0.25) is 4.57 Å². The van der Waals surface area contributed by atoms with E-state index in [-0.39, 0.29) is 53.4 Å². The maximum atomic E-state index is 8.84. The van der Waals surface area contributed by atoms with Crippen LogP contribution in [0.15, 0.2) is 6.33 Å². The van der Waals surface area contributed by atoms with Crippen molar-refractivity contribution in [3.8, 4) is 11.9 Å². The fourth-order valence-electron chi connectivity index (χ4n) is 3.62. The molecule has 1 saturated heterocycles. The highest BCUT2D eigenvalue weighted by Gasteiger charge is 2.47. The molecule has 3 heterocycles. The lowest BCUT2D eigenvalue weighted by atomic mass is 10.2. The summed E-state index contributed by atoms with van der Waals surface area (Å²) in [4.78, 5) is 13.1. The fourth-order valence-corrected chi connectivity index (χ4v) is 5.99. The van der Waals surface area contributed by atoms with Crippen molar-refractivity contribution in [1.82, 2.24) is 19.5 Å². The summed E-state index contributed by atoms with van der Waals surface area (Å²) in [6.07, 6.45) is 1.85. The first-order chi connectivity index (χ1) is 17.0. The van der Waals surface area contributed by atoms with Gasteiger partial charge in [0.25, 0.3) is 0 Å². The Morgan fingerprint density at radius 1 is 1.11 bits per heavy atom. The molecule has 1 aliphatic rings. The van der Waals surface area contributed by atoms with Gasteiger partial charge in [0.05, 0.1) is 31.5 Å². The standard InChI is InChI=1S/C25H44N6O4Si2/c1-24(2,3)36(7,8)33-15-18-17(35-37(9,10)25(4,5)6)14-19(34-18)31-16-28-20-21(31)29-23(27)30-22(20)32-13-11-12-26/h16-19H,11,13-15H2,1-10H3,(H2,27,29,30)/t17-,18+,19+/m0/s1. The molecule has 3 atom stereocenters. The number of anilines is 1. The molecule has 0 amide bonds. The number of rotatable bonds is 9. The van der Waals surface area contributed by atoms with Crippen molar-refractivity contribution in [2.75, 3.05) is 18.9 Å². The van der Waals surface area contributed by atoms with E-state index >= 15 is 0 Å². The number of hydrogen-bond acceptors (Lipinski definition) is 9. The summed E-state index contributed by atoms with van der Waals surface area (Å²) in [7, 11) is -4.05. The molecule has 0 aliphatic carbocycles. The van der Waals surface area contributed by atoms with Gasteiger partial charge in [0, 0.05) is 6.42 Å². The number of nitrogens with zero attached hydrogens (tertiary/aromatic N) is 5. The van der Waals surface area contributed by atoms with Crippen LogP contribution in [0.3, 0.4) is 0 Å². The van der Waals surface area contributed by atoms with Gasteiger partial charge in [-0.1, -0.05) is 41.5 Å². The Balaban J connectivity index is 1.91. The van der Waals surface area contributed by atoms with E-state index in [1.807, 2.05) is 4.57 Å². The van der Waals surface area contributed by atoms with Gasteiger partial charge in [0.2, 0.25) is 11.8 Å². The van der Waals surface area contributed by atoms with Gasteiger partial charge in [0.1, 0.15) is 18.9 Å². The molecule has 2 N–H and O–H groups in total. The zero-order chi connectivity index (χ0) is 27.8. The van der Waals surface area contributed by atoms with Gasteiger partial charge in [0.15, 0.2) is 27.8 Å². The zero-order valence-corrected chi connectivity index (χ0v) is 26.1. The third-order valence-corrected chi connectivity index (χ3v) is 17.0. The van der Waals surface area contributed by atoms with Crippen molar-refractivity contribution in [3.05, 3.63) is 6.33 Å². The number of nitrogens with two attached hydrogens (primary N) is 1. The molecule has 1 fully saturated rings. The molecule has 0 unspecified atom stereocenters. The molecule has 12 heteroatoms. The van der Waals surface area contributed by atoms with Gasteiger partial charge in [-0.2, -0.15) is 15.2 Å². The summed E-state index contributed by atoms with van der Waals surface area (Å²) in [6, 6.07) is 2.06. The molecule has 0 radical (unpaired) electrons. The first-order valence-electron chi connectivity index (χ1n) is 12.9. The Hall–Kier alpha value is -2.05. The number of fused-ring (bicyclic) bond motifs is 1. The SMILES string of the molecule is CC(C)(C)[Si](C)(C)OC[C@H]1O[C@@H](n2cnc3c(OCCC#N)nc(N)nc32)C[C@@H]1O[Si](C)(C)C(C)(C)C. The van der Waals surface area contributed by atoms with Crippen molar-refractivity contribution in [2.45, 2.75) is 109 Å². The number of hydrogen-bond donors (Lipinski definition) is 1. The summed E-state index contributed by atoms with van der Waals surface area (Å²) >= 11 is 0. The summed E-state index contributed by atoms with van der Waals surface area (Å²) in [5, 5.41) is 9.00. The van der Waals surface area contributed by atoms with Crippen molar-refractivity contribution >= 4 is 33.7 Å². The van der Waals surface area contributed by atoms with E-state index in [0.29, 0.717) is 24.2 Å². The number of nitrogen functional groups attached to an aromatic ring is 1.